The molecule has 0 bridgehead atoms. The van der Waals surface area contributed by atoms with Gasteiger partial charge in [0.15, 0.2) is 0 Å². The van der Waals surface area contributed by atoms with Crippen LogP contribution < -0.4 is 5.73 Å². The Bertz CT molecular complexity index is 410. The minimum Gasteiger partial charge on any atom is -0.330 e. The van der Waals surface area contributed by atoms with Crippen LogP contribution in [0.15, 0.2) is 28.7 Å². The lowest BCUT2D eigenvalue weighted by atomic mass is 9.66. The first-order valence-electron chi connectivity index (χ1n) is 7.87. The van der Waals surface area contributed by atoms with Crippen LogP contribution in [0.4, 0.5) is 0 Å². The molecule has 0 amide bonds. The zero-order chi connectivity index (χ0) is 14.8. The summed E-state index contributed by atoms with van der Waals surface area (Å²) in [5.74, 6) is 2.17. The second kappa shape index (κ2) is 6.62. The van der Waals surface area contributed by atoms with Gasteiger partial charge in [0.2, 0.25) is 0 Å². The highest BCUT2D eigenvalue weighted by molar-refractivity contribution is 9.10. The lowest BCUT2D eigenvalue weighted by molar-refractivity contribution is 0.140. The summed E-state index contributed by atoms with van der Waals surface area (Å²) >= 11 is 3.51. The fraction of sp³-hybridized carbons (Fsp3) is 0.667. The Hall–Kier alpha value is -0.340. The smallest absolute Gasteiger partial charge is 0.0175 e. The summed E-state index contributed by atoms with van der Waals surface area (Å²) in [5, 5.41) is 0. The van der Waals surface area contributed by atoms with Gasteiger partial charge in [0.1, 0.15) is 0 Å². The van der Waals surface area contributed by atoms with Gasteiger partial charge in [-0.1, -0.05) is 48.8 Å². The average molecular weight is 338 g/mol. The van der Waals surface area contributed by atoms with Gasteiger partial charge in [-0.2, -0.15) is 0 Å². The number of benzene rings is 1. The Morgan fingerprint density at radius 1 is 1.10 bits per heavy atom. The van der Waals surface area contributed by atoms with Crippen LogP contribution in [0.5, 0.6) is 0 Å². The first-order chi connectivity index (χ1) is 9.41. The Balaban J connectivity index is 2.02. The van der Waals surface area contributed by atoms with Crippen molar-refractivity contribution in [1.29, 1.82) is 0 Å². The van der Waals surface area contributed by atoms with E-state index in [1.165, 1.54) is 31.2 Å². The summed E-state index contributed by atoms with van der Waals surface area (Å²) in [6.45, 7) is 7.92. The number of halogens is 1. The maximum Gasteiger partial charge on any atom is 0.0175 e. The van der Waals surface area contributed by atoms with E-state index in [4.69, 9.17) is 5.73 Å². The summed E-state index contributed by atoms with van der Waals surface area (Å²) in [6, 6.07) is 8.74. The molecule has 20 heavy (non-hydrogen) atoms. The third-order valence-electron chi connectivity index (χ3n) is 5.12. The van der Waals surface area contributed by atoms with Crippen molar-refractivity contribution >= 4 is 15.9 Å². The Kier molecular flexibility index (Phi) is 5.30. The second-order valence-electron chi connectivity index (χ2n) is 7.37. The van der Waals surface area contributed by atoms with E-state index in [2.05, 4.69) is 61.0 Å². The molecule has 0 aromatic heterocycles. The van der Waals surface area contributed by atoms with Gasteiger partial charge in [-0.3, -0.25) is 0 Å². The van der Waals surface area contributed by atoms with E-state index in [-0.39, 0.29) is 0 Å². The van der Waals surface area contributed by atoms with E-state index in [1.807, 2.05) is 0 Å². The van der Waals surface area contributed by atoms with Gasteiger partial charge in [-0.05, 0) is 73.1 Å². The molecule has 0 radical (unpaired) electrons. The van der Waals surface area contributed by atoms with Gasteiger partial charge in [0.05, 0.1) is 0 Å². The highest BCUT2D eigenvalue weighted by atomic mass is 79.9. The highest BCUT2D eigenvalue weighted by Crippen LogP contribution is 2.43. The predicted molar refractivity (Wildman–Crippen MR) is 90.8 cm³/mol. The van der Waals surface area contributed by atoms with E-state index in [1.54, 1.807) is 0 Å². The van der Waals surface area contributed by atoms with Crippen LogP contribution in [-0.4, -0.2) is 6.54 Å². The molecule has 0 heterocycles. The van der Waals surface area contributed by atoms with Gasteiger partial charge < -0.3 is 5.73 Å². The van der Waals surface area contributed by atoms with Crippen LogP contribution in [0, 0.1) is 17.3 Å². The molecular weight excluding hydrogens is 310 g/mol. The van der Waals surface area contributed by atoms with Crippen LogP contribution >= 0.6 is 15.9 Å². The van der Waals surface area contributed by atoms with Crippen LogP contribution in [0.25, 0.3) is 0 Å². The van der Waals surface area contributed by atoms with Crippen molar-refractivity contribution in [3.8, 4) is 0 Å². The standard InChI is InChI=1S/C18H28BrN/c1-18(2,3)15-8-4-13(5-9-15)17(12-20)14-6-10-16(19)11-7-14/h6-7,10-11,13,15,17H,4-5,8-9,12,20H2,1-3H3. The molecule has 1 aromatic carbocycles. The zero-order valence-corrected chi connectivity index (χ0v) is 14.6. The fourth-order valence-electron chi connectivity index (χ4n) is 3.70. The maximum atomic E-state index is 6.08. The third kappa shape index (κ3) is 3.85. The molecule has 1 aliphatic rings. The quantitative estimate of drug-likeness (QED) is 0.790. The van der Waals surface area contributed by atoms with Crippen molar-refractivity contribution in [3.05, 3.63) is 34.3 Å². The number of rotatable bonds is 3. The Morgan fingerprint density at radius 3 is 2.10 bits per heavy atom. The largest absolute Gasteiger partial charge is 0.330 e. The summed E-state index contributed by atoms with van der Waals surface area (Å²) in [4.78, 5) is 0. The topological polar surface area (TPSA) is 26.0 Å². The van der Waals surface area contributed by atoms with Crippen molar-refractivity contribution in [3.63, 3.8) is 0 Å². The van der Waals surface area contributed by atoms with Crippen molar-refractivity contribution in [2.24, 2.45) is 23.0 Å². The van der Waals surface area contributed by atoms with Gasteiger partial charge in [0.25, 0.3) is 0 Å². The Morgan fingerprint density at radius 2 is 1.65 bits per heavy atom. The average Bonchev–Trinajstić information content (AvgIpc) is 2.41. The molecule has 1 unspecified atom stereocenters. The summed E-state index contributed by atoms with van der Waals surface area (Å²) in [6.07, 6.45) is 5.39. The molecule has 1 nitrogen and oxygen atoms in total. The Labute approximate surface area is 132 Å². The van der Waals surface area contributed by atoms with E-state index in [0.29, 0.717) is 11.3 Å². The van der Waals surface area contributed by atoms with Crippen molar-refractivity contribution in [1.82, 2.24) is 0 Å². The zero-order valence-electron chi connectivity index (χ0n) is 13.0. The first kappa shape index (κ1) is 16.0. The molecule has 1 fully saturated rings. The first-order valence-corrected chi connectivity index (χ1v) is 8.66. The van der Waals surface area contributed by atoms with Crippen molar-refractivity contribution in [2.75, 3.05) is 6.54 Å². The number of hydrogen-bond acceptors (Lipinski definition) is 1. The molecule has 0 aliphatic heterocycles. The van der Waals surface area contributed by atoms with Gasteiger partial charge in [-0.25, -0.2) is 0 Å². The van der Waals surface area contributed by atoms with Crippen molar-refractivity contribution < 1.29 is 0 Å². The van der Waals surface area contributed by atoms with E-state index in [0.717, 1.165) is 22.9 Å². The number of hydrogen-bond donors (Lipinski definition) is 1. The van der Waals surface area contributed by atoms with E-state index >= 15 is 0 Å². The molecule has 1 aliphatic carbocycles. The monoisotopic (exact) mass is 337 g/mol. The molecular formula is C18H28BrN. The third-order valence-corrected chi connectivity index (χ3v) is 5.65. The van der Waals surface area contributed by atoms with Crippen LogP contribution in [0.1, 0.15) is 57.9 Å². The number of nitrogens with two attached hydrogens (primary N) is 1. The molecule has 2 N–H and O–H groups in total. The highest BCUT2D eigenvalue weighted by Gasteiger charge is 2.32. The minimum absolute atomic E-state index is 0.459. The van der Waals surface area contributed by atoms with Gasteiger partial charge in [-0.15, -0.1) is 0 Å². The normalized spacial score (nSPS) is 25.4. The van der Waals surface area contributed by atoms with E-state index < -0.39 is 0 Å². The predicted octanol–water partition coefficient (Wildman–Crippen LogP) is 5.34. The molecule has 0 spiro atoms. The molecule has 1 saturated carbocycles. The lowest BCUT2D eigenvalue weighted by Gasteiger charge is -2.39. The van der Waals surface area contributed by atoms with Crippen LogP contribution in [-0.2, 0) is 0 Å². The van der Waals surface area contributed by atoms with Gasteiger partial charge in [0, 0.05) is 4.47 Å². The molecule has 1 atom stereocenters. The van der Waals surface area contributed by atoms with Crippen LogP contribution in [0.3, 0.4) is 0 Å². The summed E-state index contributed by atoms with van der Waals surface area (Å²) < 4.78 is 1.15. The second-order valence-corrected chi connectivity index (χ2v) is 8.29. The fourth-order valence-corrected chi connectivity index (χ4v) is 3.96. The molecule has 112 valence electrons. The lowest BCUT2D eigenvalue weighted by Crippen LogP contribution is -2.30. The maximum absolute atomic E-state index is 6.08. The summed E-state index contributed by atoms with van der Waals surface area (Å²) in [5.41, 5.74) is 7.95. The van der Waals surface area contributed by atoms with Crippen molar-refractivity contribution in [2.45, 2.75) is 52.4 Å². The van der Waals surface area contributed by atoms with Crippen LogP contribution in [0.2, 0.25) is 0 Å². The van der Waals surface area contributed by atoms with E-state index in [9.17, 15) is 0 Å². The summed E-state index contributed by atoms with van der Waals surface area (Å²) in [7, 11) is 0. The molecule has 0 saturated heterocycles. The minimum atomic E-state index is 0.459. The molecule has 2 rings (SSSR count). The molecule has 1 aromatic rings. The SMILES string of the molecule is CC(C)(C)C1CCC(C(CN)c2ccc(Br)cc2)CC1. The van der Waals surface area contributed by atoms with Gasteiger partial charge >= 0.3 is 0 Å². The molecule has 2 heteroatoms.